The van der Waals surface area contributed by atoms with Crippen LogP contribution in [0.15, 0.2) is 200 Å². The predicted octanol–water partition coefficient (Wildman–Crippen LogP) is 14.4. The molecule has 1 aliphatic carbocycles. The number of anilines is 2. The number of para-hydroxylation sites is 3. The van der Waals surface area contributed by atoms with Crippen LogP contribution in [0.1, 0.15) is 28.8 Å². The summed E-state index contributed by atoms with van der Waals surface area (Å²) in [5.41, 5.74) is 13.8. The Labute approximate surface area is 325 Å². The van der Waals surface area contributed by atoms with Crippen LogP contribution in [0.5, 0.6) is 0 Å². The van der Waals surface area contributed by atoms with E-state index in [2.05, 4.69) is 216 Å². The molecule has 262 valence electrons. The number of hydrogen-bond donors (Lipinski definition) is 0. The molecule has 2 heterocycles. The van der Waals surface area contributed by atoms with Crippen LogP contribution in [0.25, 0.3) is 77.2 Å². The van der Waals surface area contributed by atoms with Crippen molar-refractivity contribution in [1.29, 1.82) is 0 Å². The summed E-state index contributed by atoms with van der Waals surface area (Å²) in [6, 6.07) is 71.6. The molecule has 12 rings (SSSR count). The third kappa shape index (κ3) is 4.56. The summed E-state index contributed by atoms with van der Waals surface area (Å²) in [7, 11) is 0. The van der Waals surface area contributed by atoms with Gasteiger partial charge in [-0.25, -0.2) is 0 Å². The van der Waals surface area contributed by atoms with Crippen molar-refractivity contribution in [1.82, 2.24) is 4.57 Å². The van der Waals surface area contributed by atoms with Gasteiger partial charge >= 0.3 is 0 Å². The summed E-state index contributed by atoms with van der Waals surface area (Å²) < 4.78 is 2.47. The maximum atomic E-state index is 2.56. The topological polar surface area (TPSA) is 8.17 Å². The van der Waals surface area contributed by atoms with Crippen LogP contribution in [0.3, 0.4) is 0 Å². The molecule has 2 unspecified atom stereocenters. The average Bonchev–Trinajstić information content (AvgIpc) is 3.80. The molecule has 0 saturated heterocycles. The zero-order valence-corrected chi connectivity index (χ0v) is 30.7. The molecule has 0 bridgehead atoms. The van der Waals surface area contributed by atoms with E-state index in [9.17, 15) is 0 Å². The fourth-order valence-corrected chi connectivity index (χ4v) is 9.88. The number of rotatable bonds is 4. The van der Waals surface area contributed by atoms with Crippen molar-refractivity contribution in [3.8, 4) is 27.9 Å². The Balaban J connectivity index is 0.944. The molecule has 0 radical (unpaired) electrons. The van der Waals surface area contributed by atoms with E-state index in [1.54, 1.807) is 0 Å². The van der Waals surface area contributed by atoms with Gasteiger partial charge in [0.15, 0.2) is 0 Å². The molecule has 0 spiro atoms. The zero-order valence-electron chi connectivity index (χ0n) is 30.7. The second-order valence-electron chi connectivity index (χ2n) is 15.2. The number of hydrogen-bond acceptors (Lipinski definition) is 1. The third-order valence-electron chi connectivity index (χ3n) is 12.3. The Kier molecular flexibility index (Phi) is 6.79. The van der Waals surface area contributed by atoms with E-state index < -0.39 is 0 Å². The highest BCUT2D eigenvalue weighted by atomic mass is 15.2. The minimum Gasteiger partial charge on any atom is -0.333 e. The Morgan fingerprint density at radius 3 is 1.70 bits per heavy atom. The lowest BCUT2D eigenvalue weighted by Crippen LogP contribution is -2.24. The standard InChI is InChI=1S/C54H36N2/c1-2-15-39(16-3-1)56-50-23-10-8-21-46(50)47-31-32-52-53(54(47)56)48-22-9-11-24-51(48)55(52)40-28-25-35(26-29-40)36-13-12-14-37(33-36)38-27-30-45-43-19-5-4-17-41(43)42-18-6-7-20-44(42)49(45)34-38/h1-34,47,54H. The highest BCUT2D eigenvalue weighted by Crippen LogP contribution is 2.57. The normalized spacial score (nSPS) is 15.8. The smallest absolute Gasteiger partial charge is 0.0722 e. The Bertz CT molecular complexity index is 3170. The molecule has 0 fully saturated rings. The van der Waals surface area contributed by atoms with Crippen molar-refractivity contribution in [3.63, 3.8) is 0 Å². The maximum absolute atomic E-state index is 2.56. The van der Waals surface area contributed by atoms with Gasteiger partial charge in [-0.05, 0) is 115 Å². The van der Waals surface area contributed by atoms with E-state index in [1.165, 1.54) is 99.4 Å². The molecular formula is C54H36N2. The van der Waals surface area contributed by atoms with E-state index >= 15 is 0 Å². The molecule has 1 aromatic heterocycles. The molecule has 2 heteroatoms. The molecular weight excluding hydrogens is 677 g/mol. The number of benzene rings is 9. The predicted molar refractivity (Wildman–Crippen MR) is 236 cm³/mol. The first-order valence-electron chi connectivity index (χ1n) is 19.6. The van der Waals surface area contributed by atoms with Gasteiger partial charge in [0.25, 0.3) is 0 Å². The molecule has 0 N–H and O–H groups in total. The quantitative estimate of drug-likeness (QED) is 0.165. The molecule has 0 amide bonds. The van der Waals surface area contributed by atoms with E-state index in [-0.39, 0.29) is 12.0 Å². The largest absolute Gasteiger partial charge is 0.333 e. The van der Waals surface area contributed by atoms with Crippen molar-refractivity contribution in [3.05, 3.63) is 217 Å². The Morgan fingerprint density at radius 2 is 0.946 bits per heavy atom. The monoisotopic (exact) mass is 712 g/mol. The first kappa shape index (κ1) is 31.2. The van der Waals surface area contributed by atoms with Gasteiger partial charge in [0.05, 0.1) is 17.3 Å². The molecule has 9 aromatic carbocycles. The van der Waals surface area contributed by atoms with E-state index in [1.807, 2.05) is 0 Å². The van der Waals surface area contributed by atoms with Gasteiger partial charge < -0.3 is 9.47 Å². The summed E-state index contributed by atoms with van der Waals surface area (Å²) >= 11 is 0. The molecule has 10 aromatic rings. The first-order chi connectivity index (χ1) is 27.8. The van der Waals surface area contributed by atoms with Gasteiger partial charge in [-0.2, -0.15) is 0 Å². The minimum absolute atomic E-state index is 0.162. The Morgan fingerprint density at radius 1 is 0.375 bits per heavy atom. The van der Waals surface area contributed by atoms with Gasteiger partial charge in [-0.15, -0.1) is 0 Å². The third-order valence-corrected chi connectivity index (χ3v) is 12.3. The van der Waals surface area contributed by atoms with Gasteiger partial charge in [-0.3, -0.25) is 0 Å². The van der Waals surface area contributed by atoms with Crippen LogP contribution >= 0.6 is 0 Å². The van der Waals surface area contributed by atoms with Gasteiger partial charge in [-0.1, -0.05) is 152 Å². The highest BCUT2D eigenvalue weighted by Gasteiger charge is 2.43. The second kappa shape index (κ2) is 12.2. The molecule has 2 aliphatic rings. The maximum Gasteiger partial charge on any atom is 0.0722 e. The molecule has 0 saturated carbocycles. The van der Waals surface area contributed by atoms with Crippen LogP contribution in [0.2, 0.25) is 0 Å². The molecule has 2 atom stereocenters. The van der Waals surface area contributed by atoms with Gasteiger partial charge in [0.1, 0.15) is 0 Å². The molecule has 2 nitrogen and oxygen atoms in total. The molecule has 56 heavy (non-hydrogen) atoms. The van der Waals surface area contributed by atoms with Crippen LogP contribution in [-0.4, -0.2) is 4.57 Å². The van der Waals surface area contributed by atoms with Crippen molar-refractivity contribution >= 4 is 60.7 Å². The summed E-state index contributed by atoms with van der Waals surface area (Å²) in [5.74, 6) is 0.272. The number of aromatic nitrogens is 1. The lowest BCUT2D eigenvalue weighted by atomic mass is 9.84. The fraction of sp³-hybridized carbons (Fsp3) is 0.0370. The minimum atomic E-state index is 0.162. The SMILES string of the molecule is C1=CC2c3ccccc3N(c3ccccc3)C2c2c1n(-c1ccc(-c3cccc(-c4ccc5c6ccccc6c6ccccc6c5c4)c3)cc1)c1ccccc21. The summed E-state index contributed by atoms with van der Waals surface area (Å²) in [4.78, 5) is 2.56. The highest BCUT2D eigenvalue weighted by molar-refractivity contribution is 6.25. The van der Waals surface area contributed by atoms with Crippen LogP contribution in [0.4, 0.5) is 11.4 Å². The lowest BCUT2D eigenvalue weighted by Gasteiger charge is -2.32. The van der Waals surface area contributed by atoms with Crippen LogP contribution in [-0.2, 0) is 0 Å². The van der Waals surface area contributed by atoms with E-state index in [4.69, 9.17) is 0 Å². The molecule has 1 aliphatic heterocycles. The van der Waals surface area contributed by atoms with Crippen molar-refractivity contribution in [2.24, 2.45) is 0 Å². The fourth-order valence-electron chi connectivity index (χ4n) is 9.88. The second-order valence-corrected chi connectivity index (χ2v) is 15.2. The summed E-state index contributed by atoms with van der Waals surface area (Å²) in [5, 5.41) is 9.10. The number of nitrogens with zero attached hydrogens (tertiary/aromatic N) is 2. The average molecular weight is 713 g/mol. The number of fused-ring (bicyclic) bond motifs is 13. The Hall–Kier alpha value is -7.16. The zero-order chi connectivity index (χ0) is 36.7. The lowest BCUT2D eigenvalue weighted by molar-refractivity contribution is 0.669. The van der Waals surface area contributed by atoms with Crippen LogP contribution in [0, 0.1) is 0 Å². The first-order valence-corrected chi connectivity index (χ1v) is 19.6. The van der Waals surface area contributed by atoms with Crippen LogP contribution < -0.4 is 4.90 Å². The van der Waals surface area contributed by atoms with Gasteiger partial charge in [0, 0.05) is 33.9 Å². The van der Waals surface area contributed by atoms with Gasteiger partial charge in [0.2, 0.25) is 0 Å². The van der Waals surface area contributed by atoms with E-state index in [0.717, 1.165) is 0 Å². The summed E-state index contributed by atoms with van der Waals surface area (Å²) in [6.07, 6.45) is 4.80. The van der Waals surface area contributed by atoms with E-state index in [0.29, 0.717) is 0 Å². The summed E-state index contributed by atoms with van der Waals surface area (Å²) in [6.45, 7) is 0. The van der Waals surface area contributed by atoms with Crippen molar-refractivity contribution < 1.29 is 0 Å². The van der Waals surface area contributed by atoms with Crippen molar-refractivity contribution in [2.45, 2.75) is 12.0 Å². The van der Waals surface area contributed by atoms with Crippen molar-refractivity contribution in [2.75, 3.05) is 4.90 Å².